The molecule has 1 saturated heterocycles. The van der Waals surface area contributed by atoms with E-state index >= 15 is 0 Å². The molecule has 0 saturated carbocycles. The van der Waals surface area contributed by atoms with E-state index < -0.39 is 0 Å². The first-order valence-electron chi connectivity index (χ1n) is 8.30. The van der Waals surface area contributed by atoms with E-state index in [1.807, 2.05) is 37.4 Å². The molecule has 128 valence electrons. The van der Waals surface area contributed by atoms with Crippen molar-refractivity contribution in [1.29, 1.82) is 0 Å². The molecule has 1 aliphatic rings. The minimum atomic E-state index is -0.153. The van der Waals surface area contributed by atoms with Crippen LogP contribution in [0.1, 0.15) is 37.5 Å². The number of para-hydroxylation sites is 1. The zero-order chi connectivity index (χ0) is 16.9. The number of aromatic nitrogens is 2. The summed E-state index contributed by atoms with van der Waals surface area (Å²) >= 11 is 0. The summed E-state index contributed by atoms with van der Waals surface area (Å²) < 4.78 is 5.41. The number of hydrogen-bond donors (Lipinski definition) is 2. The lowest BCUT2D eigenvalue weighted by atomic mass is 10.2. The van der Waals surface area contributed by atoms with Gasteiger partial charge >= 0.3 is 6.03 Å². The molecule has 7 nitrogen and oxygen atoms in total. The molecule has 0 radical (unpaired) electrons. The molecule has 2 heterocycles. The highest BCUT2D eigenvalue weighted by Gasteiger charge is 2.34. The minimum Gasteiger partial charge on any atom is -0.337 e. The maximum Gasteiger partial charge on any atom is 0.322 e. The minimum absolute atomic E-state index is 0.132. The Morgan fingerprint density at radius 3 is 2.96 bits per heavy atom. The van der Waals surface area contributed by atoms with E-state index in [1.165, 1.54) is 0 Å². The molecular formula is C17H23N5O2. The van der Waals surface area contributed by atoms with Gasteiger partial charge in [-0.25, -0.2) is 4.79 Å². The van der Waals surface area contributed by atoms with E-state index in [-0.39, 0.29) is 18.1 Å². The highest BCUT2D eigenvalue weighted by Crippen LogP contribution is 2.31. The summed E-state index contributed by atoms with van der Waals surface area (Å²) in [5.74, 6) is 1.19. The summed E-state index contributed by atoms with van der Waals surface area (Å²) in [6.07, 6.45) is 2.46. The van der Waals surface area contributed by atoms with Crippen LogP contribution in [0.2, 0.25) is 0 Å². The second kappa shape index (κ2) is 7.44. The predicted molar refractivity (Wildman–Crippen MR) is 90.7 cm³/mol. The van der Waals surface area contributed by atoms with Gasteiger partial charge in [-0.15, -0.1) is 0 Å². The molecule has 2 N–H and O–H groups in total. The molecule has 0 spiro atoms. The van der Waals surface area contributed by atoms with E-state index in [0.717, 1.165) is 18.5 Å². The van der Waals surface area contributed by atoms with Crippen molar-refractivity contribution >= 4 is 11.7 Å². The smallest absolute Gasteiger partial charge is 0.322 e. The number of amides is 2. The summed E-state index contributed by atoms with van der Waals surface area (Å²) in [6.45, 7) is 2.75. The number of rotatable bonds is 5. The lowest BCUT2D eigenvalue weighted by Gasteiger charge is -2.22. The number of carbonyl (C=O) groups is 1. The monoisotopic (exact) mass is 329 g/mol. The van der Waals surface area contributed by atoms with Crippen LogP contribution in [0.5, 0.6) is 0 Å². The molecule has 1 aromatic heterocycles. The van der Waals surface area contributed by atoms with Gasteiger partial charge in [0.05, 0.1) is 0 Å². The van der Waals surface area contributed by atoms with Gasteiger partial charge in [0.2, 0.25) is 5.89 Å². The van der Waals surface area contributed by atoms with E-state index in [4.69, 9.17) is 4.52 Å². The lowest BCUT2D eigenvalue weighted by molar-refractivity contribution is 0.193. The van der Waals surface area contributed by atoms with Crippen LogP contribution in [0.3, 0.4) is 0 Å². The number of hydrogen-bond acceptors (Lipinski definition) is 5. The molecule has 2 amide bonds. The van der Waals surface area contributed by atoms with Crippen molar-refractivity contribution in [2.24, 2.45) is 0 Å². The molecule has 2 unspecified atom stereocenters. The number of anilines is 1. The first kappa shape index (κ1) is 16.4. The zero-order valence-corrected chi connectivity index (χ0v) is 14.0. The Morgan fingerprint density at radius 1 is 1.42 bits per heavy atom. The van der Waals surface area contributed by atoms with Crippen molar-refractivity contribution in [3.63, 3.8) is 0 Å². The number of likely N-dealkylation sites (tertiary alicyclic amines) is 1. The number of urea groups is 1. The molecular weight excluding hydrogens is 306 g/mol. The average Bonchev–Trinajstić information content (AvgIpc) is 3.24. The summed E-state index contributed by atoms with van der Waals surface area (Å²) in [4.78, 5) is 18.8. The van der Waals surface area contributed by atoms with Crippen LogP contribution >= 0.6 is 0 Å². The average molecular weight is 329 g/mol. The first-order chi connectivity index (χ1) is 11.7. The van der Waals surface area contributed by atoms with Crippen LogP contribution in [0.15, 0.2) is 34.9 Å². The number of carbonyl (C=O) groups excluding carboxylic acids is 1. The van der Waals surface area contributed by atoms with Gasteiger partial charge in [-0.05, 0) is 38.9 Å². The Kier molecular flexibility index (Phi) is 5.10. The third-order valence-electron chi connectivity index (χ3n) is 4.29. The van der Waals surface area contributed by atoms with Gasteiger partial charge in [0, 0.05) is 24.7 Å². The molecule has 2 aromatic rings. The fourth-order valence-electron chi connectivity index (χ4n) is 2.84. The van der Waals surface area contributed by atoms with Crippen LogP contribution in [-0.2, 0) is 6.42 Å². The Bertz CT molecular complexity index is 673. The predicted octanol–water partition coefficient (Wildman–Crippen LogP) is 2.59. The number of likely N-dealkylation sites (N-methyl/N-ethyl adjacent to an activating group) is 1. The molecule has 0 aliphatic carbocycles. The molecule has 1 aromatic carbocycles. The van der Waals surface area contributed by atoms with Gasteiger partial charge in [-0.3, -0.25) is 0 Å². The fourth-order valence-corrected chi connectivity index (χ4v) is 2.84. The van der Waals surface area contributed by atoms with Crippen molar-refractivity contribution in [1.82, 2.24) is 20.4 Å². The van der Waals surface area contributed by atoms with Crippen LogP contribution < -0.4 is 10.6 Å². The van der Waals surface area contributed by atoms with E-state index in [0.29, 0.717) is 24.7 Å². The maximum absolute atomic E-state index is 12.5. The van der Waals surface area contributed by atoms with Crippen LogP contribution in [0.4, 0.5) is 10.5 Å². The molecule has 1 aliphatic heterocycles. The van der Waals surface area contributed by atoms with Gasteiger partial charge in [-0.2, -0.15) is 4.98 Å². The third kappa shape index (κ3) is 3.73. The number of nitrogens with zero attached hydrogens (tertiary/aromatic N) is 3. The quantitative estimate of drug-likeness (QED) is 0.881. The van der Waals surface area contributed by atoms with E-state index in [1.54, 1.807) is 4.90 Å². The van der Waals surface area contributed by atoms with Crippen molar-refractivity contribution in [3.05, 3.63) is 42.0 Å². The summed E-state index contributed by atoms with van der Waals surface area (Å²) in [6, 6.07) is 9.43. The first-order valence-corrected chi connectivity index (χ1v) is 8.30. The molecule has 1 fully saturated rings. The second-order valence-electron chi connectivity index (χ2n) is 6.09. The standard InChI is InChI=1S/C17H23N5O2/c1-12(18-2)11-15-20-16(24-21-15)14-9-6-10-22(14)17(23)19-13-7-4-3-5-8-13/h3-5,7-8,12,14,18H,6,9-11H2,1-2H3,(H,19,23). The summed E-state index contributed by atoms with van der Waals surface area (Å²) in [7, 11) is 1.90. The third-order valence-corrected chi connectivity index (χ3v) is 4.29. The fraction of sp³-hybridized carbons (Fsp3) is 0.471. The zero-order valence-electron chi connectivity index (χ0n) is 14.0. The van der Waals surface area contributed by atoms with E-state index in [9.17, 15) is 4.79 Å². The maximum atomic E-state index is 12.5. The van der Waals surface area contributed by atoms with Gasteiger partial charge in [0.25, 0.3) is 0 Å². The summed E-state index contributed by atoms with van der Waals surface area (Å²) in [5.41, 5.74) is 0.780. The topological polar surface area (TPSA) is 83.3 Å². The largest absolute Gasteiger partial charge is 0.337 e. The summed E-state index contributed by atoms with van der Waals surface area (Å²) in [5, 5.41) is 10.1. The van der Waals surface area contributed by atoms with Gasteiger partial charge in [0.15, 0.2) is 5.82 Å². The molecule has 24 heavy (non-hydrogen) atoms. The molecule has 3 rings (SSSR count). The van der Waals surface area contributed by atoms with Crippen molar-refractivity contribution in [2.75, 3.05) is 18.9 Å². The number of nitrogens with one attached hydrogen (secondary N) is 2. The number of benzene rings is 1. The van der Waals surface area contributed by atoms with Crippen molar-refractivity contribution < 1.29 is 9.32 Å². The Hall–Kier alpha value is -2.41. The van der Waals surface area contributed by atoms with Crippen molar-refractivity contribution in [2.45, 2.75) is 38.3 Å². The Balaban J connectivity index is 1.68. The van der Waals surface area contributed by atoms with Crippen molar-refractivity contribution in [3.8, 4) is 0 Å². The highest BCUT2D eigenvalue weighted by molar-refractivity contribution is 5.89. The SMILES string of the molecule is CNC(C)Cc1noc(C2CCCN2C(=O)Nc2ccccc2)n1. The van der Waals surface area contributed by atoms with Gasteiger partial charge < -0.3 is 20.1 Å². The van der Waals surface area contributed by atoms with Crippen LogP contribution in [0.25, 0.3) is 0 Å². The Morgan fingerprint density at radius 2 is 2.21 bits per heavy atom. The van der Waals surface area contributed by atoms with Gasteiger partial charge in [0.1, 0.15) is 6.04 Å². The second-order valence-corrected chi connectivity index (χ2v) is 6.09. The molecule has 0 bridgehead atoms. The molecule has 2 atom stereocenters. The van der Waals surface area contributed by atoms with Crippen LogP contribution in [-0.4, -0.2) is 40.7 Å². The van der Waals surface area contributed by atoms with Gasteiger partial charge in [-0.1, -0.05) is 23.4 Å². The van der Waals surface area contributed by atoms with Crippen LogP contribution in [0, 0.1) is 0 Å². The normalized spacial score (nSPS) is 18.6. The highest BCUT2D eigenvalue weighted by atomic mass is 16.5. The Labute approximate surface area is 141 Å². The lowest BCUT2D eigenvalue weighted by Crippen LogP contribution is -2.34. The van der Waals surface area contributed by atoms with E-state index in [2.05, 4.69) is 27.7 Å². The molecule has 7 heteroatoms.